The van der Waals surface area contributed by atoms with Crippen molar-refractivity contribution >= 4 is 23.8 Å². The van der Waals surface area contributed by atoms with Crippen LogP contribution < -0.4 is 10.6 Å². The minimum absolute atomic E-state index is 0.138. The predicted octanol–water partition coefficient (Wildman–Crippen LogP) is 2.21. The van der Waals surface area contributed by atoms with Crippen LogP contribution in [0.4, 0.5) is 4.79 Å². The van der Waals surface area contributed by atoms with Crippen molar-refractivity contribution < 1.29 is 14.7 Å². The molecule has 5 nitrogen and oxygen atoms in total. The molecule has 0 aromatic heterocycles. The Labute approximate surface area is 118 Å². The Morgan fingerprint density at radius 1 is 1.37 bits per heavy atom. The number of hydrogen-bond acceptors (Lipinski definition) is 3. The van der Waals surface area contributed by atoms with Crippen molar-refractivity contribution in [1.82, 2.24) is 10.6 Å². The third-order valence-electron chi connectivity index (χ3n) is 3.89. The molecule has 1 aliphatic rings. The number of carboxylic acids is 1. The second-order valence-corrected chi connectivity index (χ2v) is 6.33. The summed E-state index contributed by atoms with van der Waals surface area (Å²) in [6.45, 7) is 3.28. The average Bonchev–Trinajstić information content (AvgIpc) is 2.38. The van der Waals surface area contributed by atoms with Crippen molar-refractivity contribution in [3.8, 4) is 0 Å². The van der Waals surface area contributed by atoms with Gasteiger partial charge in [0.1, 0.15) is 5.54 Å². The Balaban J connectivity index is 2.56. The molecule has 0 aliphatic heterocycles. The van der Waals surface area contributed by atoms with Gasteiger partial charge in [0.25, 0.3) is 0 Å². The van der Waals surface area contributed by atoms with E-state index in [1.54, 1.807) is 18.7 Å². The molecule has 0 spiro atoms. The first-order chi connectivity index (χ1) is 8.92. The van der Waals surface area contributed by atoms with Gasteiger partial charge < -0.3 is 15.7 Å². The van der Waals surface area contributed by atoms with Crippen LogP contribution >= 0.6 is 11.8 Å². The van der Waals surface area contributed by atoms with Crippen LogP contribution in [0.25, 0.3) is 0 Å². The fourth-order valence-electron chi connectivity index (χ4n) is 2.29. The van der Waals surface area contributed by atoms with E-state index in [1.165, 1.54) is 13.3 Å². The molecule has 1 saturated carbocycles. The minimum Gasteiger partial charge on any atom is -0.480 e. The quantitative estimate of drug-likeness (QED) is 0.725. The lowest BCUT2D eigenvalue weighted by Gasteiger charge is -2.32. The van der Waals surface area contributed by atoms with Crippen LogP contribution in [0.3, 0.4) is 0 Å². The summed E-state index contributed by atoms with van der Waals surface area (Å²) in [6.07, 6.45) is 6.80. The monoisotopic (exact) mass is 288 g/mol. The summed E-state index contributed by atoms with van der Waals surface area (Å²) in [5, 5.41) is 15.1. The molecule has 0 radical (unpaired) electrons. The van der Waals surface area contributed by atoms with Gasteiger partial charge in [-0.3, -0.25) is 0 Å². The normalized spacial score (nSPS) is 26.3. The zero-order chi connectivity index (χ0) is 14.5. The fourth-order valence-corrected chi connectivity index (χ4v) is 3.23. The van der Waals surface area contributed by atoms with Crippen molar-refractivity contribution in [2.45, 2.75) is 62.8 Å². The van der Waals surface area contributed by atoms with Crippen LogP contribution in [-0.4, -0.2) is 40.2 Å². The number of carbonyl (C=O) groups excluding carboxylic acids is 1. The number of urea groups is 1. The Kier molecular flexibility index (Phi) is 5.97. The summed E-state index contributed by atoms with van der Waals surface area (Å²) in [6, 6.07) is -0.239. The molecule has 19 heavy (non-hydrogen) atoms. The molecule has 0 saturated heterocycles. The number of rotatable bonds is 5. The highest BCUT2D eigenvalue weighted by Crippen LogP contribution is 2.27. The molecular weight excluding hydrogens is 264 g/mol. The molecular formula is C13H24N2O3S. The van der Waals surface area contributed by atoms with Gasteiger partial charge in [0.2, 0.25) is 0 Å². The van der Waals surface area contributed by atoms with Crippen LogP contribution in [-0.2, 0) is 4.79 Å². The molecule has 1 aliphatic carbocycles. The molecule has 3 unspecified atom stereocenters. The highest BCUT2D eigenvalue weighted by molar-refractivity contribution is 7.99. The summed E-state index contributed by atoms with van der Waals surface area (Å²) in [4.78, 5) is 23.1. The first kappa shape index (κ1) is 16.1. The van der Waals surface area contributed by atoms with Crippen molar-refractivity contribution in [1.29, 1.82) is 0 Å². The fraction of sp³-hybridized carbons (Fsp3) is 0.846. The van der Waals surface area contributed by atoms with E-state index in [0.29, 0.717) is 11.7 Å². The van der Waals surface area contributed by atoms with Gasteiger partial charge in [-0.05, 0) is 32.4 Å². The minimum atomic E-state index is -1.20. The second-order valence-electron chi connectivity index (χ2n) is 5.25. The molecule has 3 atom stereocenters. The Hall–Kier alpha value is -0.910. The summed E-state index contributed by atoms with van der Waals surface area (Å²) in [5.41, 5.74) is -1.20. The van der Waals surface area contributed by atoms with Gasteiger partial charge in [-0.2, -0.15) is 11.8 Å². The van der Waals surface area contributed by atoms with Crippen molar-refractivity contribution in [2.75, 3.05) is 6.26 Å². The van der Waals surface area contributed by atoms with Crippen LogP contribution in [0.5, 0.6) is 0 Å². The van der Waals surface area contributed by atoms with Gasteiger partial charge in [-0.1, -0.05) is 19.8 Å². The Morgan fingerprint density at radius 3 is 2.53 bits per heavy atom. The van der Waals surface area contributed by atoms with Crippen LogP contribution in [0.15, 0.2) is 0 Å². The zero-order valence-corrected chi connectivity index (χ0v) is 12.7. The lowest BCUT2D eigenvalue weighted by molar-refractivity contribution is -0.143. The van der Waals surface area contributed by atoms with Crippen molar-refractivity contribution in [3.63, 3.8) is 0 Å². The van der Waals surface area contributed by atoms with E-state index < -0.39 is 11.5 Å². The Bertz CT molecular complexity index is 338. The van der Waals surface area contributed by atoms with E-state index in [4.69, 9.17) is 5.11 Å². The smallest absolute Gasteiger partial charge is 0.329 e. The number of carboxylic acid groups (broad SMARTS) is 1. The summed E-state index contributed by atoms with van der Waals surface area (Å²) in [5.74, 6) is -1.00. The topological polar surface area (TPSA) is 78.4 Å². The lowest BCUT2D eigenvalue weighted by Crippen LogP contribution is -2.57. The van der Waals surface area contributed by atoms with Crippen LogP contribution in [0.2, 0.25) is 0 Å². The number of hydrogen-bond donors (Lipinski definition) is 3. The number of nitrogens with one attached hydrogen (secondary N) is 2. The van der Waals surface area contributed by atoms with Crippen molar-refractivity contribution in [2.24, 2.45) is 0 Å². The number of aliphatic carboxylic acids is 1. The third-order valence-corrected chi connectivity index (χ3v) is 5.06. The SMILES string of the molecule is CCC(C)(NC(=O)NC1CCCCC1SC)C(=O)O. The average molecular weight is 288 g/mol. The van der Waals surface area contributed by atoms with Gasteiger partial charge >= 0.3 is 12.0 Å². The van der Waals surface area contributed by atoms with E-state index in [-0.39, 0.29) is 12.1 Å². The van der Waals surface area contributed by atoms with E-state index in [2.05, 4.69) is 16.9 Å². The maximum absolute atomic E-state index is 12.0. The maximum atomic E-state index is 12.0. The van der Waals surface area contributed by atoms with Gasteiger partial charge in [-0.15, -0.1) is 0 Å². The van der Waals surface area contributed by atoms with E-state index >= 15 is 0 Å². The predicted molar refractivity (Wildman–Crippen MR) is 77.6 cm³/mol. The maximum Gasteiger partial charge on any atom is 0.329 e. The number of thioether (sulfide) groups is 1. The molecule has 1 fully saturated rings. The van der Waals surface area contributed by atoms with Gasteiger partial charge in [-0.25, -0.2) is 9.59 Å². The first-order valence-corrected chi connectivity index (χ1v) is 8.06. The van der Waals surface area contributed by atoms with Crippen LogP contribution in [0.1, 0.15) is 46.0 Å². The summed E-state index contributed by atoms with van der Waals surface area (Å²) >= 11 is 1.77. The largest absolute Gasteiger partial charge is 0.480 e. The van der Waals surface area contributed by atoms with Gasteiger partial charge in [0.15, 0.2) is 0 Å². The van der Waals surface area contributed by atoms with Crippen LogP contribution in [0, 0.1) is 0 Å². The molecule has 0 aromatic carbocycles. The molecule has 6 heteroatoms. The molecule has 1 rings (SSSR count). The molecule has 110 valence electrons. The highest BCUT2D eigenvalue weighted by Gasteiger charge is 2.34. The lowest BCUT2D eigenvalue weighted by atomic mass is 9.95. The van der Waals surface area contributed by atoms with Gasteiger partial charge in [0, 0.05) is 11.3 Å². The van der Waals surface area contributed by atoms with E-state index in [0.717, 1.165) is 19.3 Å². The van der Waals surface area contributed by atoms with E-state index in [9.17, 15) is 9.59 Å². The molecule has 0 aromatic rings. The standard InChI is InChI=1S/C13H24N2O3S/c1-4-13(2,11(16)17)15-12(18)14-9-7-5-6-8-10(9)19-3/h9-10H,4-8H2,1-3H3,(H,16,17)(H2,14,15,18). The summed E-state index contributed by atoms with van der Waals surface area (Å²) < 4.78 is 0. The first-order valence-electron chi connectivity index (χ1n) is 6.77. The molecule has 0 bridgehead atoms. The molecule has 0 heterocycles. The highest BCUT2D eigenvalue weighted by atomic mass is 32.2. The second kappa shape index (κ2) is 7.03. The van der Waals surface area contributed by atoms with E-state index in [1.807, 2.05) is 0 Å². The third kappa shape index (κ3) is 4.30. The van der Waals surface area contributed by atoms with Gasteiger partial charge in [0.05, 0.1) is 0 Å². The number of carbonyl (C=O) groups is 2. The molecule has 3 N–H and O–H groups in total. The zero-order valence-electron chi connectivity index (χ0n) is 11.9. The van der Waals surface area contributed by atoms with Crippen molar-refractivity contribution in [3.05, 3.63) is 0 Å². The number of amides is 2. The summed E-state index contributed by atoms with van der Waals surface area (Å²) in [7, 11) is 0. The Morgan fingerprint density at radius 2 is 2.00 bits per heavy atom. The molecule has 2 amide bonds.